The number of anilines is 1. The molecule has 10 heteroatoms. The Bertz CT molecular complexity index is 1040. The zero-order chi connectivity index (χ0) is 19.6. The summed E-state index contributed by atoms with van der Waals surface area (Å²) >= 11 is 18.0. The molecule has 1 aromatic heterocycles. The van der Waals surface area contributed by atoms with Gasteiger partial charge in [0, 0.05) is 23.9 Å². The third kappa shape index (κ3) is 4.57. The first kappa shape index (κ1) is 19.2. The normalized spacial score (nSPS) is 10.6. The van der Waals surface area contributed by atoms with E-state index < -0.39 is 10.8 Å². The summed E-state index contributed by atoms with van der Waals surface area (Å²) in [4.78, 5) is 22.6. The first-order chi connectivity index (χ1) is 12.8. The Morgan fingerprint density at radius 1 is 1.11 bits per heavy atom. The molecule has 0 aliphatic rings. The fourth-order valence-electron chi connectivity index (χ4n) is 2.33. The average Bonchev–Trinajstić information content (AvgIpc) is 2.97. The molecule has 0 spiro atoms. The summed E-state index contributed by atoms with van der Waals surface area (Å²) < 4.78 is 1.53. The molecule has 0 bridgehead atoms. The lowest BCUT2D eigenvalue weighted by molar-refractivity contribution is -0.384. The first-order valence-electron chi connectivity index (χ1n) is 7.56. The van der Waals surface area contributed by atoms with Crippen molar-refractivity contribution in [2.45, 2.75) is 6.54 Å². The van der Waals surface area contributed by atoms with Crippen LogP contribution in [0.2, 0.25) is 15.1 Å². The molecule has 27 heavy (non-hydrogen) atoms. The maximum atomic E-state index is 12.3. The third-order valence-electron chi connectivity index (χ3n) is 3.60. The minimum atomic E-state index is -0.574. The number of amides is 1. The second-order valence-corrected chi connectivity index (χ2v) is 6.75. The van der Waals surface area contributed by atoms with Crippen molar-refractivity contribution in [2.24, 2.45) is 0 Å². The van der Waals surface area contributed by atoms with Gasteiger partial charge < -0.3 is 5.32 Å². The van der Waals surface area contributed by atoms with Crippen molar-refractivity contribution in [3.8, 4) is 0 Å². The maximum Gasteiger partial charge on any atom is 0.270 e. The Balaban J connectivity index is 1.76. The number of hydrogen-bond acceptors (Lipinski definition) is 4. The number of carbonyl (C=O) groups excluding carboxylic acids is 1. The van der Waals surface area contributed by atoms with E-state index in [1.807, 2.05) is 0 Å². The summed E-state index contributed by atoms with van der Waals surface area (Å²) in [6.07, 6.45) is 1.55. The van der Waals surface area contributed by atoms with Crippen molar-refractivity contribution in [3.05, 3.63) is 85.0 Å². The highest BCUT2D eigenvalue weighted by atomic mass is 35.5. The second-order valence-electron chi connectivity index (χ2n) is 5.53. The Kier molecular flexibility index (Phi) is 5.65. The summed E-state index contributed by atoms with van der Waals surface area (Å²) in [5, 5.41) is 18.7. The molecule has 2 aromatic carbocycles. The van der Waals surface area contributed by atoms with Gasteiger partial charge in [0.15, 0.2) is 5.82 Å². The molecule has 3 aromatic rings. The van der Waals surface area contributed by atoms with Crippen molar-refractivity contribution in [3.63, 3.8) is 0 Å². The fourth-order valence-corrected chi connectivity index (χ4v) is 2.85. The lowest BCUT2D eigenvalue weighted by atomic mass is 10.2. The van der Waals surface area contributed by atoms with Crippen molar-refractivity contribution < 1.29 is 9.72 Å². The van der Waals surface area contributed by atoms with E-state index in [9.17, 15) is 14.9 Å². The van der Waals surface area contributed by atoms with Gasteiger partial charge >= 0.3 is 0 Å². The number of hydrogen-bond donors (Lipinski definition) is 1. The molecule has 0 saturated carbocycles. The van der Waals surface area contributed by atoms with E-state index in [2.05, 4.69) is 10.4 Å². The van der Waals surface area contributed by atoms with Gasteiger partial charge in [0.25, 0.3) is 11.6 Å². The summed E-state index contributed by atoms with van der Waals surface area (Å²) in [7, 11) is 0. The van der Waals surface area contributed by atoms with E-state index in [0.29, 0.717) is 16.6 Å². The van der Waals surface area contributed by atoms with E-state index in [1.165, 1.54) is 28.9 Å². The number of carbonyl (C=O) groups is 1. The molecule has 0 unspecified atom stereocenters. The number of halogens is 3. The molecule has 0 aliphatic heterocycles. The molecule has 0 atom stereocenters. The number of nitro groups is 1. The van der Waals surface area contributed by atoms with Crippen LogP contribution in [0.1, 0.15) is 15.9 Å². The lowest BCUT2D eigenvalue weighted by Gasteiger charge is -2.04. The van der Waals surface area contributed by atoms with Crippen LogP contribution in [0.3, 0.4) is 0 Å². The molecule has 1 amide bonds. The summed E-state index contributed by atoms with van der Waals surface area (Å²) in [5.74, 6) is -0.409. The SMILES string of the molecule is O=C(Nc1nn(Cc2ccc(Cl)c(Cl)c2)cc1Cl)c1cccc([N+](=O)[O-])c1. The summed E-state index contributed by atoms with van der Waals surface area (Å²) in [6, 6.07) is 10.5. The van der Waals surface area contributed by atoms with Crippen molar-refractivity contribution in [1.82, 2.24) is 9.78 Å². The van der Waals surface area contributed by atoms with Gasteiger partial charge in [0.05, 0.1) is 21.5 Å². The predicted octanol–water partition coefficient (Wildman–Crippen LogP) is 5.05. The number of non-ortho nitro benzene ring substituents is 1. The van der Waals surface area contributed by atoms with E-state index in [1.54, 1.807) is 24.4 Å². The van der Waals surface area contributed by atoms with Gasteiger partial charge in [-0.3, -0.25) is 19.6 Å². The molecule has 0 fully saturated rings. The quantitative estimate of drug-likeness (QED) is 0.457. The zero-order valence-corrected chi connectivity index (χ0v) is 15.8. The number of nitro benzene ring substituents is 1. The highest BCUT2D eigenvalue weighted by molar-refractivity contribution is 6.42. The van der Waals surface area contributed by atoms with E-state index in [0.717, 1.165) is 5.56 Å². The van der Waals surface area contributed by atoms with Gasteiger partial charge in [0.1, 0.15) is 5.02 Å². The van der Waals surface area contributed by atoms with Crippen molar-refractivity contribution in [1.29, 1.82) is 0 Å². The molecule has 3 rings (SSSR count). The monoisotopic (exact) mass is 424 g/mol. The minimum Gasteiger partial charge on any atom is -0.304 e. The van der Waals surface area contributed by atoms with Crippen molar-refractivity contribution >= 4 is 52.2 Å². The standard InChI is InChI=1S/C17H11Cl3N4O3/c18-13-5-4-10(6-14(13)19)8-23-9-15(20)16(22-23)21-17(25)11-2-1-3-12(7-11)24(26)27/h1-7,9H,8H2,(H,21,22,25). The van der Waals surface area contributed by atoms with Gasteiger partial charge in [-0.1, -0.05) is 46.9 Å². The van der Waals surface area contributed by atoms with Crippen LogP contribution < -0.4 is 5.32 Å². The molecule has 1 heterocycles. The van der Waals surface area contributed by atoms with Crippen LogP contribution >= 0.6 is 34.8 Å². The average molecular weight is 426 g/mol. The van der Waals surface area contributed by atoms with Crippen LogP contribution in [0.4, 0.5) is 11.5 Å². The lowest BCUT2D eigenvalue weighted by Crippen LogP contribution is -2.13. The second kappa shape index (κ2) is 7.96. The van der Waals surface area contributed by atoms with Crippen LogP contribution in [0, 0.1) is 10.1 Å². The van der Waals surface area contributed by atoms with E-state index in [4.69, 9.17) is 34.8 Å². The Labute approximate surface area is 168 Å². The van der Waals surface area contributed by atoms with Gasteiger partial charge in [-0.25, -0.2) is 0 Å². The smallest absolute Gasteiger partial charge is 0.270 e. The Hall–Kier alpha value is -2.61. The molecule has 0 saturated heterocycles. The summed E-state index contributed by atoms with van der Waals surface area (Å²) in [6.45, 7) is 0.364. The first-order valence-corrected chi connectivity index (χ1v) is 8.69. The number of benzene rings is 2. The number of nitrogens with one attached hydrogen (secondary N) is 1. The number of aromatic nitrogens is 2. The molecule has 0 radical (unpaired) electrons. The largest absolute Gasteiger partial charge is 0.304 e. The van der Waals surface area contributed by atoms with Crippen LogP contribution in [0.25, 0.3) is 0 Å². The van der Waals surface area contributed by atoms with Crippen LogP contribution in [-0.2, 0) is 6.54 Å². The molecule has 138 valence electrons. The minimum absolute atomic E-state index is 0.124. The van der Waals surface area contributed by atoms with Crippen LogP contribution in [0.5, 0.6) is 0 Å². The van der Waals surface area contributed by atoms with E-state index in [-0.39, 0.29) is 22.1 Å². The Morgan fingerprint density at radius 2 is 1.89 bits per heavy atom. The topological polar surface area (TPSA) is 90.1 Å². The highest BCUT2D eigenvalue weighted by Crippen LogP contribution is 2.25. The molecule has 7 nitrogen and oxygen atoms in total. The molecule has 1 N–H and O–H groups in total. The summed E-state index contributed by atoms with van der Waals surface area (Å²) in [5.41, 5.74) is 0.790. The fraction of sp³-hybridized carbons (Fsp3) is 0.0588. The van der Waals surface area contributed by atoms with E-state index >= 15 is 0 Å². The molecular weight excluding hydrogens is 415 g/mol. The van der Waals surface area contributed by atoms with Gasteiger partial charge in [-0.05, 0) is 23.8 Å². The van der Waals surface area contributed by atoms with Gasteiger partial charge in [-0.2, -0.15) is 5.10 Å². The van der Waals surface area contributed by atoms with Crippen molar-refractivity contribution in [2.75, 3.05) is 5.32 Å². The molecular formula is C17H11Cl3N4O3. The number of nitrogens with zero attached hydrogens (tertiary/aromatic N) is 3. The molecule has 0 aliphatic carbocycles. The zero-order valence-electron chi connectivity index (χ0n) is 13.5. The van der Waals surface area contributed by atoms with Crippen LogP contribution in [0.15, 0.2) is 48.7 Å². The van der Waals surface area contributed by atoms with Gasteiger partial charge in [-0.15, -0.1) is 0 Å². The van der Waals surface area contributed by atoms with Crippen LogP contribution in [-0.4, -0.2) is 20.6 Å². The Morgan fingerprint density at radius 3 is 2.59 bits per heavy atom. The highest BCUT2D eigenvalue weighted by Gasteiger charge is 2.15. The maximum absolute atomic E-state index is 12.3. The predicted molar refractivity (Wildman–Crippen MR) is 104 cm³/mol. The van der Waals surface area contributed by atoms with Gasteiger partial charge in [0.2, 0.25) is 0 Å². The third-order valence-corrected chi connectivity index (χ3v) is 4.61. The number of rotatable bonds is 5.